The zero-order chi connectivity index (χ0) is 17.6. The van der Waals surface area contributed by atoms with Gasteiger partial charge in [0, 0.05) is 25.2 Å². The highest BCUT2D eigenvalue weighted by molar-refractivity contribution is 5.99. The van der Waals surface area contributed by atoms with Crippen molar-refractivity contribution >= 4 is 5.91 Å². The van der Waals surface area contributed by atoms with Gasteiger partial charge in [0.25, 0.3) is 5.91 Å². The Kier molecular flexibility index (Phi) is 3.76. The smallest absolute Gasteiger partial charge is 0.328 e. The Morgan fingerprint density at radius 3 is 2.72 bits per heavy atom. The Morgan fingerprint density at radius 1 is 1.16 bits per heavy atom. The molecule has 2 aliphatic rings. The third kappa shape index (κ3) is 2.68. The number of rotatable bonds is 2. The Hall–Kier alpha value is -2.41. The number of pyridine rings is 1. The molecule has 0 radical (unpaired) electrons. The van der Waals surface area contributed by atoms with Crippen LogP contribution in [0.4, 0.5) is 13.2 Å². The molecular weight excluding hydrogens is 331 g/mol. The standard InChI is InChI=1S/C18H16F3N3O/c19-18(20,21)14-6-3-5-12-13-8-22-9-15(13)24(17(25)16(12)14)10-11-4-1-2-7-23-11/h1-7,13,15,22H,8-10H2/t13-,15+/m1/s1. The first-order valence-corrected chi connectivity index (χ1v) is 8.08. The summed E-state index contributed by atoms with van der Waals surface area (Å²) < 4.78 is 40.3. The molecule has 1 fully saturated rings. The number of aromatic nitrogens is 1. The summed E-state index contributed by atoms with van der Waals surface area (Å²) in [5, 5.41) is 3.20. The minimum atomic E-state index is -4.56. The number of amides is 1. The molecule has 0 unspecified atom stereocenters. The van der Waals surface area contributed by atoms with Gasteiger partial charge in [0.15, 0.2) is 0 Å². The highest BCUT2D eigenvalue weighted by atomic mass is 19.4. The molecule has 2 aliphatic heterocycles. The number of hydrogen-bond acceptors (Lipinski definition) is 3. The van der Waals surface area contributed by atoms with E-state index in [0.29, 0.717) is 24.3 Å². The molecule has 2 aromatic rings. The second kappa shape index (κ2) is 5.84. The summed E-state index contributed by atoms with van der Waals surface area (Å²) in [6.45, 7) is 1.33. The van der Waals surface area contributed by atoms with Gasteiger partial charge in [0.1, 0.15) is 0 Å². The average Bonchev–Trinajstić information content (AvgIpc) is 3.08. The summed E-state index contributed by atoms with van der Waals surface area (Å²) in [7, 11) is 0. The Labute approximate surface area is 142 Å². The van der Waals surface area contributed by atoms with Crippen molar-refractivity contribution in [2.75, 3.05) is 13.1 Å². The van der Waals surface area contributed by atoms with Crippen molar-refractivity contribution in [2.45, 2.75) is 24.7 Å². The summed E-state index contributed by atoms with van der Waals surface area (Å²) >= 11 is 0. The van der Waals surface area contributed by atoms with Gasteiger partial charge in [0.2, 0.25) is 0 Å². The number of alkyl halides is 3. The van der Waals surface area contributed by atoms with E-state index in [2.05, 4.69) is 10.3 Å². The third-order valence-corrected chi connectivity index (χ3v) is 4.92. The van der Waals surface area contributed by atoms with Crippen LogP contribution in [0.25, 0.3) is 0 Å². The van der Waals surface area contributed by atoms with E-state index in [1.165, 1.54) is 11.0 Å². The third-order valence-electron chi connectivity index (χ3n) is 4.92. The van der Waals surface area contributed by atoms with Crippen LogP contribution >= 0.6 is 0 Å². The van der Waals surface area contributed by atoms with Crippen molar-refractivity contribution in [2.24, 2.45) is 0 Å². The van der Waals surface area contributed by atoms with Gasteiger partial charge in [-0.3, -0.25) is 9.78 Å². The van der Waals surface area contributed by atoms with Gasteiger partial charge in [-0.25, -0.2) is 0 Å². The fourth-order valence-corrected chi connectivity index (χ4v) is 3.81. The van der Waals surface area contributed by atoms with E-state index in [1.54, 1.807) is 30.5 Å². The number of benzene rings is 1. The Balaban J connectivity index is 1.81. The second-order valence-electron chi connectivity index (χ2n) is 6.35. The van der Waals surface area contributed by atoms with Crippen molar-refractivity contribution < 1.29 is 18.0 Å². The predicted octanol–water partition coefficient (Wildman–Crippen LogP) is 2.81. The zero-order valence-electron chi connectivity index (χ0n) is 13.3. The first kappa shape index (κ1) is 16.1. The van der Waals surface area contributed by atoms with Crippen molar-refractivity contribution in [3.05, 3.63) is 65.0 Å². The number of halogens is 3. The Bertz CT molecular complexity index is 807. The van der Waals surface area contributed by atoms with E-state index < -0.39 is 17.6 Å². The van der Waals surface area contributed by atoms with Crippen LogP contribution in [-0.4, -0.2) is 34.9 Å². The lowest BCUT2D eigenvalue weighted by Gasteiger charge is -2.39. The molecule has 130 valence electrons. The van der Waals surface area contributed by atoms with Gasteiger partial charge in [0.05, 0.1) is 29.4 Å². The van der Waals surface area contributed by atoms with Gasteiger partial charge >= 0.3 is 6.18 Å². The van der Waals surface area contributed by atoms with Crippen LogP contribution in [0.15, 0.2) is 42.6 Å². The van der Waals surface area contributed by atoms with Gasteiger partial charge in [-0.2, -0.15) is 13.2 Å². The average molecular weight is 347 g/mol. The van der Waals surface area contributed by atoms with Crippen LogP contribution in [0.1, 0.15) is 33.1 Å². The molecule has 1 saturated heterocycles. The quantitative estimate of drug-likeness (QED) is 0.909. The largest absolute Gasteiger partial charge is 0.417 e. The highest BCUT2D eigenvalue weighted by Crippen LogP contribution is 2.42. The SMILES string of the molecule is O=C1c2c(cccc2C(F)(F)F)[C@H]2CNC[C@@H]2N1Cc1ccccn1. The molecule has 25 heavy (non-hydrogen) atoms. The van der Waals surface area contributed by atoms with Gasteiger partial charge in [-0.1, -0.05) is 18.2 Å². The molecule has 4 rings (SSSR count). The van der Waals surface area contributed by atoms with Crippen LogP contribution in [0.2, 0.25) is 0 Å². The van der Waals surface area contributed by atoms with Crippen LogP contribution < -0.4 is 5.32 Å². The number of carbonyl (C=O) groups excluding carboxylic acids is 1. The maximum Gasteiger partial charge on any atom is 0.417 e. The first-order valence-electron chi connectivity index (χ1n) is 8.08. The Morgan fingerprint density at radius 2 is 2.00 bits per heavy atom. The number of nitrogens with zero attached hydrogens (tertiary/aromatic N) is 2. The van der Waals surface area contributed by atoms with E-state index in [9.17, 15) is 18.0 Å². The second-order valence-corrected chi connectivity index (χ2v) is 6.35. The monoisotopic (exact) mass is 347 g/mol. The molecule has 0 bridgehead atoms. The topological polar surface area (TPSA) is 45.2 Å². The maximum absolute atomic E-state index is 13.4. The van der Waals surface area contributed by atoms with E-state index in [0.717, 1.165) is 6.07 Å². The van der Waals surface area contributed by atoms with Crippen molar-refractivity contribution in [3.8, 4) is 0 Å². The van der Waals surface area contributed by atoms with E-state index in [1.807, 2.05) is 0 Å². The molecule has 0 saturated carbocycles. The molecule has 4 nitrogen and oxygen atoms in total. The summed E-state index contributed by atoms with van der Waals surface area (Å²) in [5.41, 5.74) is 0.0868. The molecule has 3 heterocycles. The van der Waals surface area contributed by atoms with E-state index in [-0.39, 0.29) is 24.1 Å². The van der Waals surface area contributed by atoms with E-state index in [4.69, 9.17) is 0 Å². The molecule has 7 heteroatoms. The molecule has 2 atom stereocenters. The first-order chi connectivity index (χ1) is 12.0. The van der Waals surface area contributed by atoms with Crippen LogP contribution in [0, 0.1) is 0 Å². The molecule has 1 aromatic heterocycles. The lowest BCUT2D eigenvalue weighted by Crippen LogP contribution is -2.48. The maximum atomic E-state index is 13.4. The summed E-state index contributed by atoms with van der Waals surface area (Å²) in [6.07, 6.45) is -2.94. The molecular formula is C18H16F3N3O. The number of hydrogen-bond donors (Lipinski definition) is 1. The fraction of sp³-hybridized carbons (Fsp3) is 0.333. The number of nitrogens with one attached hydrogen (secondary N) is 1. The van der Waals surface area contributed by atoms with Gasteiger partial charge in [-0.15, -0.1) is 0 Å². The summed E-state index contributed by atoms with van der Waals surface area (Å²) in [6, 6.07) is 9.19. The molecule has 0 spiro atoms. The summed E-state index contributed by atoms with van der Waals surface area (Å²) in [4.78, 5) is 18.7. The van der Waals surface area contributed by atoms with Crippen molar-refractivity contribution in [3.63, 3.8) is 0 Å². The predicted molar refractivity (Wildman–Crippen MR) is 85.0 cm³/mol. The van der Waals surface area contributed by atoms with Crippen LogP contribution in [-0.2, 0) is 12.7 Å². The van der Waals surface area contributed by atoms with Crippen LogP contribution in [0.3, 0.4) is 0 Å². The lowest BCUT2D eigenvalue weighted by molar-refractivity contribution is -0.138. The van der Waals surface area contributed by atoms with Gasteiger partial charge in [-0.05, 0) is 23.8 Å². The highest BCUT2D eigenvalue weighted by Gasteiger charge is 2.46. The summed E-state index contributed by atoms with van der Waals surface area (Å²) in [5.74, 6) is -0.711. The zero-order valence-corrected chi connectivity index (χ0v) is 13.3. The number of fused-ring (bicyclic) bond motifs is 3. The normalized spacial score (nSPS) is 22.7. The van der Waals surface area contributed by atoms with Crippen molar-refractivity contribution in [1.29, 1.82) is 0 Å². The molecule has 1 aromatic carbocycles. The minimum absolute atomic E-state index is 0.140. The molecule has 1 N–H and O–H groups in total. The lowest BCUT2D eigenvalue weighted by atomic mass is 9.82. The minimum Gasteiger partial charge on any atom is -0.328 e. The molecule has 1 amide bonds. The fourth-order valence-electron chi connectivity index (χ4n) is 3.81. The van der Waals surface area contributed by atoms with E-state index >= 15 is 0 Å². The molecule has 0 aliphatic carbocycles. The van der Waals surface area contributed by atoms with Gasteiger partial charge < -0.3 is 10.2 Å². The van der Waals surface area contributed by atoms with Crippen LogP contribution in [0.5, 0.6) is 0 Å². The number of carbonyl (C=O) groups is 1. The van der Waals surface area contributed by atoms with Crippen molar-refractivity contribution in [1.82, 2.24) is 15.2 Å².